The summed E-state index contributed by atoms with van der Waals surface area (Å²) >= 11 is 0. The van der Waals surface area contributed by atoms with E-state index in [1.54, 1.807) is 30.3 Å². The van der Waals surface area contributed by atoms with Crippen LogP contribution >= 0.6 is 0 Å². The minimum Gasteiger partial charge on any atom is -0.445 e. The van der Waals surface area contributed by atoms with E-state index in [-0.39, 0.29) is 70.7 Å². The van der Waals surface area contributed by atoms with Crippen LogP contribution in [0.2, 0.25) is 0 Å². The lowest BCUT2D eigenvalue weighted by molar-refractivity contribution is -0.300. The monoisotopic (exact) mass is 960 g/mol. The van der Waals surface area contributed by atoms with Crippen molar-refractivity contribution in [3.63, 3.8) is 0 Å². The Morgan fingerprint density at radius 1 is 0.537 bits per heavy atom. The molecular weight excluding hydrogens is 892 g/mol. The number of benzene rings is 1. The minimum absolute atomic E-state index is 0.0439. The Morgan fingerprint density at radius 2 is 0.985 bits per heavy atom. The highest BCUT2D eigenvalue weighted by atomic mass is 16.7. The van der Waals surface area contributed by atoms with Gasteiger partial charge in [0.05, 0.1) is 26.4 Å². The van der Waals surface area contributed by atoms with Crippen molar-refractivity contribution in [1.82, 2.24) is 31.5 Å². The molecule has 25 heteroatoms. The molecule has 2 saturated heterocycles. The molecule has 0 bridgehead atoms. The van der Waals surface area contributed by atoms with E-state index < -0.39 is 118 Å². The van der Waals surface area contributed by atoms with Crippen LogP contribution in [0, 0.1) is 0 Å². The van der Waals surface area contributed by atoms with Gasteiger partial charge in [0.2, 0.25) is 29.5 Å². The summed E-state index contributed by atoms with van der Waals surface area (Å²) in [7, 11) is 0. The van der Waals surface area contributed by atoms with Crippen LogP contribution < -0.4 is 26.6 Å². The molecule has 0 radical (unpaired) electrons. The predicted molar refractivity (Wildman–Crippen MR) is 230 cm³/mol. The summed E-state index contributed by atoms with van der Waals surface area (Å²) in [6, 6.07) is 8.85. The Balaban J connectivity index is 1.32. The fraction of sp³-hybridized carbons (Fsp3) is 0.714. The average Bonchev–Trinajstić information content (AvgIpc) is 3.32. The van der Waals surface area contributed by atoms with Crippen molar-refractivity contribution in [2.45, 2.75) is 119 Å². The highest BCUT2D eigenvalue weighted by molar-refractivity contribution is 5.91. The smallest absolute Gasteiger partial charge is 0.407 e. The number of hydrogen-bond acceptors (Lipinski definition) is 19. The molecule has 2 aliphatic heterocycles. The zero-order valence-electron chi connectivity index (χ0n) is 37.3. The van der Waals surface area contributed by atoms with E-state index in [1.165, 1.54) is 0 Å². The molecule has 2 fully saturated rings. The van der Waals surface area contributed by atoms with E-state index in [0.29, 0.717) is 38.5 Å². The largest absolute Gasteiger partial charge is 0.445 e. The average molecular weight is 961 g/mol. The Hall–Kier alpha value is -4.64. The van der Waals surface area contributed by atoms with Crippen molar-refractivity contribution in [1.29, 1.82) is 0 Å². The van der Waals surface area contributed by atoms with Crippen LogP contribution in [0.25, 0.3) is 0 Å². The number of nitrogens with zero attached hydrogens (tertiary/aromatic N) is 1. The van der Waals surface area contributed by atoms with Gasteiger partial charge in [-0.25, -0.2) is 4.79 Å². The van der Waals surface area contributed by atoms with Gasteiger partial charge < -0.3 is 96.0 Å². The van der Waals surface area contributed by atoms with Gasteiger partial charge in [-0.05, 0) is 31.2 Å². The van der Waals surface area contributed by atoms with E-state index in [0.717, 1.165) is 10.5 Å². The number of rotatable bonds is 30. The van der Waals surface area contributed by atoms with Gasteiger partial charge in [0.25, 0.3) is 0 Å². The Morgan fingerprint density at radius 3 is 1.43 bits per heavy atom. The molecule has 67 heavy (non-hydrogen) atoms. The van der Waals surface area contributed by atoms with Crippen molar-refractivity contribution in [3.05, 3.63) is 35.9 Å². The van der Waals surface area contributed by atoms with Crippen LogP contribution in [0.1, 0.15) is 56.9 Å². The van der Waals surface area contributed by atoms with Gasteiger partial charge in [0.15, 0.2) is 12.6 Å². The highest BCUT2D eigenvalue weighted by Crippen LogP contribution is 2.23. The van der Waals surface area contributed by atoms with Crippen LogP contribution in [0.15, 0.2) is 30.3 Å². The zero-order valence-corrected chi connectivity index (χ0v) is 37.3. The fourth-order valence-electron chi connectivity index (χ4n) is 6.67. The lowest BCUT2D eigenvalue weighted by atomic mass is 9.99. The maximum atomic E-state index is 13.1. The number of ether oxygens (including phenoxy) is 5. The molecule has 380 valence electrons. The molecule has 0 aromatic heterocycles. The van der Waals surface area contributed by atoms with Crippen LogP contribution in [0.3, 0.4) is 0 Å². The van der Waals surface area contributed by atoms with E-state index in [4.69, 9.17) is 23.7 Å². The highest BCUT2D eigenvalue weighted by Gasteiger charge is 2.45. The summed E-state index contributed by atoms with van der Waals surface area (Å²) < 4.78 is 26.3. The van der Waals surface area contributed by atoms with Crippen molar-refractivity contribution < 1.29 is 93.3 Å². The van der Waals surface area contributed by atoms with Gasteiger partial charge in [0, 0.05) is 39.0 Å². The number of aliphatic hydroxyl groups is 8. The molecule has 6 amide bonds. The number of carbonyl (C=O) groups is 6. The second kappa shape index (κ2) is 31.4. The SMILES string of the molecule is O=C(CCCCCNC(=O)CN(CC(=O)NCCCCCC(=O)NCCO[C@H]1O[C@H](CO)[C@@H](O)[C@H](O)[C@@H]1O)C(=O)CNC(=O)OCc1ccccc1)NCCOC1O[C@H](CO)[C@@H](O)[C@H](O)[C@@H]1O. The first-order valence-corrected chi connectivity index (χ1v) is 22.3. The Bertz CT molecular complexity index is 1570. The van der Waals surface area contributed by atoms with Gasteiger partial charge in [-0.2, -0.15) is 0 Å². The van der Waals surface area contributed by atoms with Crippen molar-refractivity contribution in [2.75, 3.05) is 72.2 Å². The molecule has 2 heterocycles. The third-order valence-electron chi connectivity index (χ3n) is 10.5. The topological polar surface area (TPSA) is 374 Å². The van der Waals surface area contributed by atoms with E-state index >= 15 is 0 Å². The first-order valence-electron chi connectivity index (χ1n) is 22.3. The zero-order chi connectivity index (χ0) is 49.1. The fourth-order valence-corrected chi connectivity index (χ4v) is 6.67. The van der Waals surface area contributed by atoms with Crippen LogP contribution in [0.4, 0.5) is 4.79 Å². The number of unbranched alkanes of at least 4 members (excludes halogenated alkanes) is 4. The molecule has 25 nitrogen and oxygen atoms in total. The molecule has 10 atom stereocenters. The van der Waals surface area contributed by atoms with Crippen molar-refractivity contribution in [3.8, 4) is 0 Å². The first kappa shape index (κ1) is 56.7. The number of nitrogens with one attached hydrogen (secondary N) is 5. The quantitative estimate of drug-likeness (QED) is 0.0321. The van der Waals surface area contributed by atoms with Gasteiger partial charge in [-0.1, -0.05) is 43.2 Å². The molecule has 1 aromatic carbocycles. The summed E-state index contributed by atoms with van der Waals surface area (Å²) in [6.07, 6.45) is -11.7. The Labute approximate surface area is 387 Å². The number of carbonyl (C=O) groups excluding carboxylic acids is 6. The van der Waals surface area contributed by atoms with Gasteiger partial charge in [-0.3, -0.25) is 24.0 Å². The van der Waals surface area contributed by atoms with Crippen LogP contribution in [0.5, 0.6) is 0 Å². The molecule has 2 aliphatic rings. The number of alkyl carbamates (subject to hydrolysis) is 1. The van der Waals surface area contributed by atoms with E-state index in [1.807, 2.05) is 0 Å². The lowest BCUT2D eigenvalue weighted by Gasteiger charge is -2.39. The molecule has 0 aliphatic carbocycles. The number of hydrogen-bond donors (Lipinski definition) is 13. The summed E-state index contributed by atoms with van der Waals surface area (Å²) in [4.78, 5) is 76.6. The second-order valence-corrected chi connectivity index (χ2v) is 15.8. The summed E-state index contributed by atoms with van der Waals surface area (Å²) in [5.41, 5.74) is 0.724. The van der Waals surface area contributed by atoms with Crippen LogP contribution in [-0.2, 0) is 54.3 Å². The van der Waals surface area contributed by atoms with E-state index in [9.17, 15) is 69.6 Å². The van der Waals surface area contributed by atoms with Crippen molar-refractivity contribution in [2.24, 2.45) is 0 Å². The molecular formula is C42H68N6O19. The molecule has 1 aromatic rings. The molecule has 0 spiro atoms. The van der Waals surface area contributed by atoms with Gasteiger partial charge >= 0.3 is 6.09 Å². The van der Waals surface area contributed by atoms with E-state index in [2.05, 4.69) is 26.6 Å². The Kier molecular flexibility index (Phi) is 26.6. The first-order chi connectivity index (χ1) is 32.1. The minimum atomic E-state index is -1.58. The number of aliphatic hydroxyl groups excluding tert-OH is 8. The van der Waals surface area contributed by atoms with Gasteiger partial charge in [-0.15, -0.1) is 0 Å². The third kappa shape index (κ3) is 21.0. The van der Waals surface area contributed by atoms with Gasteiger partial charge in [0.1, 0.15) is 75.1 Å². The summed E-state index contributed by atoms with van der Waals surface area (Å²) in [5, 5.41) is 91.0. The number of amides is 6. The molecule has 13 N–H and O–H groups in total. The lowest BCUT2D eigenvalue weighted by Crippen LogP contribution is -2.59. The standard InChI is InChI=1S/C42H68N6O19/c49-23-27-34(56)36(58)38(60)40(66-27)63-18-16-45-29(51)12-6-2-8-14-43-31(53)21-48(33(55)20-47-42(62)65-25-26-10-4-1-5-11-26)22-32(54)44-15-9-3-7-13-30(52)46-17-19-64-41-39(61)37(59)35(57)28(24-50)67-41/h1,4-5,10-11,27-28,34-41,49-50,56-61H,2-3,6-9,12-25H2,(H,43,53)(H,44,54)(H,45,51)(H,46,52)(H,47,62)/t27-,28-,34-,35-,36+,37+,38+,39+,40+,41?/m1/s1. The van der Waals surface area contributed by atoms with Crippen molar-refractivity contribution >= 4 is 35.6 Å². The maximum absolute atomic E-state index is 13.1. The third-order valence-corrected chi connectivity index (χ3v) is 10.5. The molecule has 1 unspecified atom stereocenters. The predicted octanol–water partition coefficient (Wildman–Crippen LogP) is -5.04. The normalized spacial score (nSPS) is 24.8. The molecule has 3 rings (SSSR count). The maximum Gasteiger partial charge on any atom is 0.407 e. The second-order valence-electron chi connectivity index (χ2n) is 15.8. The summed E-state index contributed by atoms with van der Waals surface area (Å²) in [5.74, 6) is -2.43. The summed E-state index contributed by atoms with van der Waals surface area (Å²) in [6.45, 7) is -2.43. The molecule has 0 saturated carbocycles. The van der Waals surface area contributed by atoms with Crippen LogP contribution in [-0.4, -0.2) is 215 Å².